The molecular formula is C9H14N2O3. The van der Waals surface area contributed by atoms with Gasteiger partial charge in [-0.1, -0.05) is 6.92 Å². The molecular weight excluding hydrogens is 184 g/mol. The van der Waals surface area contributed by atoms with Gasteiger partial charge in [0.25, 0.3) is 0 Å². The second-order valence-corrected chi connectivity index (χ2v) is 3.10. The summed E-state index contributed by atoms with van der Waals surface area (Å²) >= 11 is 0. The van der Waals surface area contributed by atoms with Gasteiger partial charge in [0.05, 0.1) is 6.61 Å². The van der Waals surface area contributed by atoms with Gasteiger partial charge in [0.1, 0.15) is 5.71 Å². The molecule has 0 unspecified atom stereocenters. The van der Waals surface area contributed by atoms with Crippen LogP contribution in [0.25, 0.3) is 0 Å². The molecule has 0 saturated carbocycles. The molecule has 0 atom stereocenters. The summed E-state index contributed by atoms with van der Waals surface area (Å²) in [5, 5.41) is 5.03. The average Bonchev–Trinajstić information content (AvgIpc) is 2.18. The van der Waals surface area contributed by atoms with E-state index < -0.39 is 5.97 Å². The fraction of sp³-hybridized carbons (Fsp3) is 0.667. The quantitative estimate of drug-likeness (QED) is 0.622. The number of hydrogen-bond acceptors (Lipinski definition) is 4. The molecule has 0 radical (unpaired) electrons. The van der Waals surface area contributed by atoms with Crippen LogP contribution >= 0.6 is 0 Å². The summed E-state index contributed by atoms with van der Waals surface area (Å²) in [6, 6.07) is 0. The molecule has 5 heteroatoms. The largest absolute Gasteiger partial charge is 0.461 e. The number of ether oxygens (including phenoxy) is 1. The number of esters is 1. The minimum absolute atomic E-state index is 0.0722. The third-order valence-corrected chi connectivity index (χ3v) is 1.88. The highest BCUT2D eigenvalue weighted by Gasteiger charge is 2.22. The zero-order valence-electron chi connectivity index (χ0n) is 8.45. The summed E-state index contributed by atoms with van der Waals surface area (Å²) in [5.74, 6) is -0.483. The summed E-state index contributed by atoms with van der Waals surface area (Å²) < 4.78 is 4.91. The zero-order valence-corrected chi connectivity index (χ0v) is 8.45. The predicted octanol–water partition coefficient (Wildman–Crippen LogP) is 0.548. The Labute approximate surface area is 82.7 Å². The van der Waals surface area contributed by atoms with E-state index >= 15 is 0 Å². The Balaban J connectivity index is 2.56. The van der Waals surface area contributed by atoms with E-state index in [1.807, 2.05) is 6.92 Å². The molecule has 14 heavy (non-hydrogen) atoms. The lowest BCUT2D eigenvalue weighted by Gasteiger charge is -2.18. The van der Waals surface area contributed by atoms with E-state index in [2.05, 4.69) is 5.10 Å². The van der Waals surface area contributed by atoms with E-state index in [0.717, 1.165) is 6.42 Å². The Morgan fingerprint density at radius 2 is 2.29 bits per heavy atom. The zero-order chi connectivity index (χ0) is 10.6. The van der Waals surface area contributed by atoms with E-state index in [-0.39, 0.29) is 5.91 Å². The van der Waals surface area contributed by atoms with Gasteiger partial charge in [0, 0.05) is 19.9 Å². The van der Waals surface area contributed by atoms with E-state index in [9.17, 15) is 9.59 Å². The van der Waals surface area contributed by atoms with Crippen molar-refractivity contribution < 1.29 is 14.3 Å². The van der Waals surface area contributed by atoms with E-state index in [1.54, 1.807) is 0 Å². The molecule has 0 N–H and O–H groups in total. The maximum atomic E-state index is 11.3. The number of hydrazone groups is 1. The lowest BCUT2D eigenvalue weighted by Crippen LogP contribution is -2.32. The fourth-order valence-electron chi connectivity index (χ4n) is 1.09. The first-order valence-electron chi connectivity index (χ1n) is 4.66. The monoisotopic (exact) mass is 198 g/mol. The van der Waals surface area contributed by atoms with Crippen LogP contribution in [-0.4, -0.2) is 36.3 Å². The number of carbonyl (C=O) groups excluding carboxylic acids is 2. The van der Waals surface area contributed by atoms with Crippen LogP contribution in [0.3, 0.4) is 0 Å². The van der Waals surface area contributed by atoms with Crippen molar-refractivity contribution in [3.63, 3.8) is 0 Å². The number of rotatable bonds is 3. The standard InChI is InChI=1S/C9H14N2O3/c1-3-6-14-9(13)7-4-5-8(12)11(2)10-7/h3-6H2,1-2H3. The van der Waals surface area contributed by atoms with Gasteiger partial charge >= 0.3 is 5.97 Å². The minimum atomic E-state index is -0.411. The Morgan fingerprint density at radius 1 is 1.57 bits per heavy atom. The molecule has 0 fully saturated rings. The highest BCUT2D eigenvalue weighted by Crippen LogP contribution is 2.07. The minimum Gasteiger partial charge on any atom is -0.461 e. The van der Waals surface area contributed by atoms with Gasteiger partial charge in [-0.3, -0.25) is 4.79 Å². The first-order chi connectivity index (χ1) is 6.65. The van der Waals surface area contributed by atoms with E-state index in [4.69, 9.17) is 4.74 Å². The molecule has 0 aliphatic carbocycles. The van der Waals surface area contributed by atoms with Crippen molar-refractivity contribution in [2.45, 2.75) is 26.2 Å². The third-order valence-electron chi connectivity index (χ3n) is 1.88. The van der Waals surface area contributed by atoms with Gasteiger partial charge in [-0.25, -0.2) is 9.80 Å². The second kappa shape index (κ2) is 4.74. The SMILES string of the molecule is CCCOC(=O)C1=NN(C)C(=O)CC1. The van der Waals surface area contributed by atoms with Crippen molar-refractivity contribution >= 4 is 17.6 Å². The summed E-state index contributed by atoms with van der Waals surface area (Å²) in [6.07, 6.45) is 1.50. The summed E-state index contributed by atoms with van der Waals surface area (Å²) in [6.45, 7) is 2.32. The number of carbonyl (C=O) groups is 2. The molecule has 0 saturated heterocycles. The van der Waals surface area contributed by atoms with Gasteiger partial charge in [-0.2, -0.15) is 5.10 Å². The van der Waals surface area contributed by atoms with Crippen LogP contribution in [0, 0.1) is 0 Å². The third kappa shape index (κ3) is 2.55. The van der Waals surface area contributed by atoms with E-state index in [0.29, 0.717) is 25.2 Å². The second-order valence-electron chi connectivity index (χ2n) is 3.10. The molecule has 0 bridgehead atoms. The maximum Gasteiger partial charge on any atom is 0.354 e. The molecule has 78 valence electrons. The van der Waals surface area contributed by atoms with Crippen molar-refractivity contribution in [1.82, 2.24) is 5.01 Å². The molecule has 1 aliphatic rings. The number of hydrogen-bond donors (Lipinski definition) is 0. The van der Waals surface area contributed by atoms with Gasteiger partial charge < -0.3 is 4.74 Å². The Hall–Kier alpha value is -1.39. The smallest absolute Gasteiger partial charge is 0.354 e. The fourth-order valence-corrected chi connectivity index (χ4v) is 1.09. The van der Waals surface area contributed by atoms with Gasteiger partial charge in [-0.15, -0.1) is 0 Å². The highest BCUT2D eigenvalue weighted by atomic mass is 16.5. The van der Waals surface area contributed by atoms with Crippen LogP contribution in [0.1, 0.15) is 26.2 Å². The average molecular weight is 198 g/mol. The van der Waals surface area contributed by atoms with Crippen molar-refractivity contribution in [3.05, 3.63) is 0 Å². The highest BCUT2D eigenvalue weighted by molar-refractivity contribution is 6.37. The molecule has 0 aromatic carbocycles. The van der Waals surface area contributed by atoms with Crippen molar-refractivity contribution in [2.75, 3.05) is 13.7 Å². The normalized spacial score (nSPS) is 16.6. The number of nitrogens with zero attached hydrogens (tertiary/aromatic N) is 2. The molecule has 1 aliphatic heterocycles. The Kier molecular flexibility index (Phi) is 3.62. The first-order valence-corrected chi connectivity index (χ1v) is 4.66. The van der Waals surface area contributed by atoms with Crippen molar-refractivity contribution in [3.8, 4) is 0 Å². The lowest BCUT2D eigenvalue weighted by molar-refractivity contribution is -0.136. The number of amides is 1. The molecule has 1 amide bonds. The summed E-state index contributed by atoms with van der Waals surface area (Å²) in [7, 11) is 1.54. The molecule has 1 rings (SSSR count). The Morgan fingerprint density at radius 3 is 2.86 bits per heavy atom. The first kappa shape index (κ1) is 10.7. The molecule has 0 spiro atoms. The predicted molar refractivity (Wildman–Crippen MR) is 50.7 cm³/mol. The topological polar surface area (TPSA) is 59.0 Å². The van der Waals surface area contributed by atoms with Gasteiger partial charge in [-0.05, 0) is 6.42 Å². The van der Waals surface area contributed by atoms with Crippen LogP contribution in [-0.2, 0) is 14.3 Å². The van der Waals surface area contributed by atoms with Gasteiger partial charge in [0.2, 0.25) is 5.91 Å². The molecule has 0 aromatic rings. The Bertz CT molecular complexity index is 273. The summed E-state index contributed by atoms with van der Waals surface area (Å²) in [4.78, 5) is 22.4. The van der Waals surface area contributed by atoms with E-state index in [1.165, 1.54) is 12.1 Å². The van der Waals surface area contributed by atoms with Crippen LogP contribution in [0.15, 0.2) is 5.10 Å². The van der Waals surface area contributed by atoms with Crippen molar-refractivity contribution in [1.29, 1.82) is 0 Å². The molecule has 5 nitrogen and oxygen atoms in total. The molecule has 1 heterocycles. The van der Waals surface area contributed by atoms with Crippen molar-refractivity contribution in [2.24, 2.45) is 5.10 Å². The van der Waals surface area contributed by atoms with Crippen LogP contribution < -0.4 is 0 Å². The lowest BCUT2D eigenvalue weighted by atomic mass is 10.2. The van der Waals surface area contributed by atoms with Crippen LogP contribution in [0.2, 0.25) is 0 Å². The summed E-state index contributed by atoms with van der Waals surface area (Å²) in [5.41, 5.74) is 0.334. The van der Waals surface area contributed by atoms with Crippen LogP contribution in [0.5, 0.6) is 0 Å². The maximum absolute atomic E-state index is 11.3. The van der Waals surface area contributed by atoms with Gasteiger partial charge in [0.15, 0.2) is 0 Å². The molecule has 0 aromatic heterocycles. The van der Waals surface area contributed by atoms with Crippen LogP contribution in [0.4, 0.5) is 0 Å².